The van der Waals surface area contributed by atoms with Crippen molar-refractivity contribution in [2.45, 2.75) is 12.2 Å². The van der Waals surface area contributed by atoms with Crippen LogP contribution in [0.3, 0.4) is 0 Å². The van der Waals surface area contributed by atoms with Crippen LogP contribution in [0, 0.1) is 0 Å². The van der Waals surface area contributed by atoms with Crippen LogP contribution in [0.5, 0.6) is 0 Å². The number of carbonyl (C=O) groups is 1. The molecule has 0 amide bonds. The van der Waals surface area contributed by atoms with Gasteiger partial charge in [0, 0.05) is 0 Å². The molecule has 0 aliphatic carbocycles. The minimum absolute atomic E-state index is 0.854. The Morgan fingerprint density at radius 3 is 2.33 bits per heavy atom. The third-order valence-electron chi connectivity index (χ3n) is 0.849. The molecule has 0 spiro atoms. The summed E-state index contributed by atoms with van der Waals surface area (Å²) in [6.07, 6.45) is -1.87. The van der Waals surface area contributed by atoms with Gasteiger partial charge in [0.25, 0.3) is 0 Å². The summed E-state index contributed by atoms with van der Waals surface area (Å²) >= 11 is 0. The molecule has 0 aliphatic heterocycles. The van der Waals surface area contributed by atoms with Gasteiger partial charge in [-0.3, -0.25) is 4.79 Å². The normalized spacial score (nSPS) is 16.8. The number of halogens is 1. The molecule has 0 bridgehead atoms. The van der Waals surface area contributed by atoms with E-state index in [0.29, 0.717) is 0 Å². The molecule has 4 nitrogen and oxygen atoms in total. The Balaban J connectivity index is 3.72. The van der Waals surface area contributed by atoms with Crippen molar-refractivity contribution < 1.29 is 19.4 Å². The number of carboxylic acids is 1. The van der Waals surface area contributed by atoms with Gasteiger partial charge in [-0.2, -0.15) is 0 Å². The monoisotopic (exact) mass is 137 g/mol. The molecular formula is C4H8FNO3. The zero-order valence-electron chi connectivity index (χ0n) is 4.62. The summed E-state index contributed by atoms with van der Waals surface area (Å²) < 4.78 is 12.0. The second-order valence-corrected chi connectivity index (χ2v) is 1.56. The van der Waals surface area contributed by atoms with E-state index in [2.05, 4.69) is 0 Å². The van der Waals surface area contributed by atoms with Gasteiger partial charge in [0.1, 0.15) is 12.2 Å². The first kappa shape index (κ1) is 8.32. The molecule has 0 heterocycles. The van der Waals surface area contributed by atoms with Crippen molar-refractivity contribution in [3.8, 4) is 0 Å². The third-order valence-corrected chi connectivity index (χ3v) is 0.849. The van der Waals surface area contributed by atoms with Crippen molar-refractivity contribution in [3.05, 3.63) is 0 Å². The van der Waals surface area contributed by atoms with E-state index in [0.717, 1.165) is 0 Å². The van der Waals surface area contributed by atoms with Crippen LogP contribution in [0.4, 0.5) is 4.39 Å². The topological polar surface area (TPSA) is 83.6 Å². The number of hydrogen-bond acceptors (Lipinski definition) is 3. The van der Waals surface area contributed by atoms with Crippen LogP contribution in [0.25, 0.3) is 0 Å². The summed E-state index contributed by atoms with van der Waals surface area (Å²) in [5.41, 5.74) is 4.74. The number of hydrogen-bond donors (Lipinski definition) is 3. The molecule has 0 saturated carbocycles. The highest BCUT2D eigenvalue weighted by atomic mass is 19.1. The fourth-order valence-electron chi connectivity index (χ4n) is 0.268. The molecule has 54 valence electrons. The van der Waals surface area contributed by atoms with Crippen molar-refractivity contribution in [2.75, 3.05) is 6.61 Å². The van der Waals surface area contributed by atoms with E-state index in [4.69, 9.17) is 15.9 Å². The predicted octanol–water partition coefficient (Wildman–Crippen LogP) is -1.27. The maximum atomic E-state index is 12.0. The van der Waals surface area contributed by atoms with Crippen molar-refractivity contribution in [1.82, 2.24) is 0 Å². The average molecular weight is 137 g/mol. The molecule has 4 N–H and O–H groups in total. The van der Waals surface area contributed by atoms with Crippen molar-refractivity contribution >= 4 is 5.97 Å². The number of aliphatic hydroxyl groups excluding tert-OH is 1. The van der Waals surface area contributed by atoms with Crippen LogP contribution in [0.15, 0.2) is 0 Å². The lowest BCUT2D eigenvalue weighted by atomic mass is 10.2. The highest BCUT2D eigenvalue weighted by Gasteiger charge is 2.22. The maximum absolute atomic E-state index is 12.0. The van der Waals surface area contributed by atoms with E-state index in [9.17, 15) is 9.18 Å². The summed E-state index contributed by atoms with van der Waals surface area (Å²) in [4.78, 5) is 9.82. The van der Waals surface area contributed by atoms with Gasteiger partial charge in [0.05, 0.1) is 6.61 Å². The first-order valence-corrected chi connectivity index (χ1v) is 2.33. The van der Waals surface area contributed by atoms with Crippen LogP contribution in [0.1, 0.15) is 0 Å². The largest absolute Gasteiger partial charge is 0.480 e. The molecule has 0 saturated heterocycles. The molecule has 0 fully saturated rings. The maximum Gasteiger partial charge on any atom is 0.323 e. The van der Waals surface area contributed by atoms with E-state index >= 15 is 0 Å². The quantitative estimate of drug-likeness (QED) is 0.452. The molecule has 0 aromatic rings. The Kier molecular flexibility index (Phi) is 3.11. The van der Waals surface area contributed by atoms with E-state index in [1.54, 1.807) is 0 Å². The van der Waals surface area contributed by atoms with Gasteiger partial charge in [-0.15, -0.1) is 0 Å². The Hall–Kier alpha value is -0.680. The fourth-order valence-corrected chi connectivity index (χ4v) is 0.268. The van der Waals surface area contributed by atoms with E-state index in [1.807, 2.05) is 0 Å². The minimum Gasteiger partial charge on any atom is -0.480 e. The standard InChI is InChI=1S/C4H8FNO3/c5-2(1-7)3(6)4(8)9/h2-3,7H,1,6H2,(H,8,9). The summed E-state index contributed by atoms with van der Waals surface area (Å²) in [6.45, 7) is -0.854. The molecular weight excluding hydrogens is 129 g/mol. The van der Waals surface area contributed by atoms with Crippen LogP contribution < -0.4 is 5.73 Å². The number of nitrogens with two attached hydrogens (primary N) is 1. The summed E-state index contributed by atoms with van der Waals surface area (Å²) in [7, 11) is 0. The molecule has 9 heavy (non-hydrogen) atoms. The van der Waals surface area contributed by atoms with Crippen LogP contribution >= 0.6 is 0 Å². The van der Waals surface area contributed by atoms with E-state index < -0.39 is 24.8 Å². The van der Waals surface area contributed by atoms with Crippen molar-refractivity contribution in [1.29, 1.82) is 0 Å². The van der Waals surface area contributed by atoms with Gasteiger partial charge in [-0.1, -0.05) is 0 Å². The number of aliphatic carboxylic acids is 1. The van der Waals surface area contributed by atoms with Crippen LogP contribution in [-0.4, -0.2) is 35.0 Å². The Labute approximate surface area is 51.1 Å². The highest BCUT2D eigenvalue weighted by Crippen LogP contribution is 1.93. The van der Waals surface area contributed by atoms with Crippen LogP contribution in [-0.2, 0) is 4.79 Å². The lowest BCUT2D eigenvalue weighted by Gasteiger charge is -2.07. The third kappa shape index (κ3) is 2.39. The molecule has 0 aromatic heterocycles. The first-order valence-electron chi connectivity index (χ1n) is 2.33. The van der Waals surface area contributed by atoms with Crippen LogP contribution in [0.2, 0.25) is 0 Å². The summed E-state index contributed by atoms with van der Waals surface area (Å²) in [5, 5.41) is 16.0. The smallest absolute Gasteiger partial charge is 0.323 e. The molecule has 0 aliphatic rings. The zero-order chi connectivity index (χ0) is 7.44. The Morgan fingerprint density at radius 1 is 1.78 bits per heavy atom. The first-order chi connectivity index (χ1) is 4.09. The molecule has 0 aromatic carbocycles. The van der Waals surface area contributed by atoms with E-state index in [-0.39, 0.29) is 0 Å². The predicted molar refractivity (Wildman–Crippen MR) is 27.6 cm³/mol. The van der Waals surface area contributed by atoms with Crippen molar-refractivity contribution in [2.24, 2.45) is 5.73 Å². The lowest BCUT2D eigenvalue weighted by Crippen LogP contribution is -2.41. The zero-order valence-corrected chi connectivity index (χ0v) is 4.62. The number of alkyl halides is 1. The molecule has 0 radical (unpaired) electrons. The second kappa shape index (κ2) is 3.37. The number of aliphatic hydroxyl groups is 1. The Morgan fingerprint density at radius 2 is 2.22 bits per heavy atom. The summed E-state index contributed by atoms with van der Waals surface area (Å²) in [5.74, 6) is -1.45. The van der Waals surface area contributed by atoms with Gasteiger partial charge < -0.3 is 15.9 Å². The van der Waals surface area contributed by atoms with Gasteiger partial charge >= 0.3 is 5.97 Å². The van der Waals surface area contributed by atoms with Gasteiger partial charge in [0.2, 0.25) is 0 Å². The Bertz CT molecular complexity index is 108. The van der Waals surface area contributed by atoms with Crippen molar-refractivity contribution in [3.63, 3.8) is 0 Å². The highest BCUT2D eigenvalue weighted by molar-refractivity contribution is 5.73. The number of rotatable bonds is 3. The minimum atomic E-state index is -1.87. The lowest BCUT2D eigenvalue weighted by molar-refractivity contribution is -0.140. The number of carboxylic acid groups (broad SMARTS) is 1. The average Bonchev–Trinajstić information content (AvgIpc) is 1.84. The van der Waals surface area contributed by atoms with Gasteiger partial charge in [-0.05, 0) is 0 Å². The molecule has 5 heteroatoms. The van der Waals surface area contributed by atoms with E-state index in [1.165, 1.54) is 0 Å². The second-order valence-electron chi connectivity index (χ2n) is 1.56. The molecule has 0 rings (SSSR count). The molecule has 2 atom stereocenters. The fraction of sp³-hybridized carbons (Fsp3) is 0.750. The SMILES string of the molecule is NC(C(=O)O)C(F)CO. The summed E-state index contributed by atoms with van der Waals surface area (Å²) in [6, 6.07) is -1.62. The molecule has 2 unspecified atom stereocenters. The van der Waals surface area contributed by atoms with Gasteiger partial charge in [-0.25, -0.2) is 4.39 Å². The van der Waals surface area contributed by atoms with Gasteiger partial charge in [0.15, 0.2) is 0 Å².